The molecule has 0 heterocycles. The molecular weight excluding hydrogens is 211 g/mol. The van der Waals surface area contributed by atoms with Crippen molar-refractivity contribution in [1.29, 1.82) is 0 Å². The number of rotatable bonds is 4. The lowest BCUT2D eigenvalue weighted by molar-refractivity contribution is 0.0934. The Kier molecular flexibility index (Phi) is 4.25. The Balaban J connectivity index is 2.98. The zero-order chi connectivity index (χ0) is 12.1. The molecule has 1 aromatic carbocycles. The van der Waals surface area contributed by atoms with E-state index >= 15 is 0 Å². The number of methoxy groups -OCH3 is 1. The quantitative estimate of drug-likeness (QED) is 0.802. The number of halogens is 1. The molecule has 0 aliphatic heterocycles. The molecule has 0 saturated carbocycles. The van der Waals surface area contributed by atoms with Gasteiger partial charge in [-0.25, -0.2) is 4.39 Å². The van der Waals surface area contributed by atoms with Gasteiger partial charge in [-0.2, -0.15) is 0 Å². The van der Waals surface area contributed by atoms with Gasteiger partial charge in [0, 0.05) is 12.6 Å². The maximum atomic E-state index is 13.5. The van der Waals surface area contributed by atoms with Gasteiger partial charge in [-0.15, -0.1) is 0 Å². The number of nitrogens with one attached hydrogen (secondary N) is 1. The highest BCUT2D eigenvalue weighted by Crippen LogP contribution is 2.20. The number of nitrogens with two attached hydrogens (primary N) is 1. The van der Waals surface area contributed by atoms with Crippen molar-refractivity contribution >= 4 is 5.91 Å². The van der Waals surface area contributed by atoms with Gasteiger partial charge in [0.2, 0.25) is 0 Å². The van der Waals surface area contributed by atoms with E-state index in [1.165, 1.54) is 25.3 Å². The molecule has 1 amide bonds. The molecular formula is C11H15FN2O2. The summed E-state index contributed by atoms with van der Waals surface area (Å²) < 4.78 is 18.4. The molecule has 1 aromatic rings. The summed E-state index contributed by atoms with van der Waals surface area (Å²) in [6.07, 6.45) is 0. The lowest BCUT2D eigenvalue weighted by Gasteiger charge is -2.13. The number of ether oxygens (including phenoxy) is 1. The monoisotopic (exact) mass is 226 g/mol. The molecule has 88 valence electrons. The summed E-state index contributed by atoms with van der Waals surface area (Å²) in [4.78, 5) is 11.7. The minimum absolute atomic E-state index is 0.0923. The van der Waals surface area contributed by atoms with Crippen LogP contribution in [0, 0.1) is 5.82 Å². The normalized spacial score (nSPS) is 12.0. The lowest BCUT2D eigenvalue weighted by atomic mass is 10.1. The van der Waals surface area contributed by atoms with Crippen LogP contribution in [0.5, 0.6) is 5.75 Å². The molecule has 1 atom stereocenters. The molecule has 16 heavy (non-hydrogen) atoms. The van der Waals surface area contributed by atoms with Crippen LogP contribution in [0.3, 0.4) is 0 Å². The van der Waals surface area contributed by atoms with Crippen LogP contribution in [0.25, 0.3) is 0 Å². The molecule has 0 aliphatic carbocycles. The summed E-state index contributed by atoms with van der Waals surface area (Å²) in [7, 11) is 1.39. The van der Waals surface area contributed by atoms with E-state index in [0.717, 1.165) is 0 Å². The fraction of sp³-hybridized carbons (Fsp3) is 0.364. The van der Waals surface area contributed by atoms with Gasteiger partial charge in [-0.3, -0.25) is 4.79 Å². The van der Waals surface area contributed by atoms with Crippen molar-refractivity contribution in [3.8, 4) is 5.75 Å². The second kappa shape index (κ2) is 5.46. The predicted molar refractivity (Wildman–Crippen MR) is 58.9 cm³/mol. The highest BCUT2D eigenvalue weighted by Gasteiger charge is 2.18. The Morgan fingerprint density at radius 1 is 1.62 bits per heavy atom. The maximum absolute atomic E-state index is 13.5. The third kappa shape index (κ3) is 2.70. The average Bonchev–Trinajstić information content (AvgIpc) is 2.28. The van der Waals surface area contributed by atoms with E-state index in [0.29, 0.717) is 6.54 Å². The summed E-state index contributed by atoms with van der Waals surface area (Å²) in [6, 6.07) is 4.02. The summed E-state index contributed by atoms with van der Waals surface area (Å²) in [5, 5.41) is 2.58. The van der Waals surface area contributed by atoms with Crippen molar-refractivity contribution < 1.29 is 13.9 Å². The molecule has 1 rings (SSSR count). The Labute approximate surface area is 93.6 Å². The molecule has 0 saturated heterocycles. The fourth-order valence-corrected chi connectivity index (χ4v) is 1.25. The van der Waals surface area contributed by atoms with Gasteiger partial charge in [0.1, 0.15) is 17.1 Å². The topological polar surface area (TPSA) is 64.3 Å². The van der Waals surface area contributed by atoms with Crippen LogP contribution in [0.1, 0.15) is 17.3 Å². The lowest BCUT2D eigenvalue weighted by Crippen LogP contribution is -2.38. The first-order valence-electron chi connectivity index (χ1n) is 4.93. The Morgan fingerprint density at radius 2 is 2.31 bits per heavy atom. The van der Waals surface area contributed by atoms with E-state index < -0.39 is 11.7 Å². The van der Waals surface area contributed by atoms with Gasteiger partial charge in [0.25, 0.3) is 5.91 Å². The minimum atomic E-state index is -0.610. The molecule has 3 N–H and O–H groups in total. The van der Waals surface area contributed by atoms with Crippen LogP contribution >= 0.6 is 0 Å². The van der Waals surface area contributed by atoms with Crippen molar-refractivity contribution in [2.24, 2.45) is 5.73 Å². The van der Waals surface area contributed by atoms with Gasteiger partial charge < -0.3 is 15.8 Å². The van der Waals surface area contributed by atoms with Crippen molar-refractivity contribution in [2.45, 2.75) is 13.0 Å². The van der Waals surface area contributed by atoms with Crippen molar-refractivity contribution in [3.63, 3.8) is 0 Å². The molecule has 0 fully saturated rings. The van der Waals surface area contributed by atoms with Crippen LogP contribution in [-0.4, -0.2) is 25.6 Å². The molecule has 0 bridgehead atoms. The SMILES string of the molecule is COc1cccc(F)c1C(=O)NC(C)CN. The number of benzene rings is 1. The molecule has 4 nitrogen and oxygen atoms in total. The van der Waals surface area contributed by atoms with Crippen molar-refractivity contribution in [2.75, 3.05) is 13.7 Å². The number of hydrogen-bond donors (Lipinski definition) is 2. The van der Waals surface area contributed by atoms with Crippen LogP contribution in [0.2, 0.25) is 0 Å². The van der Waals surface area contributed by atoms with E-state index in [-0.39, 0.29) is 17.4 Å². The average molecular weight is 226 g/mol. The van der Waals surface area contributed by atoms with E-state index in [1.807, 2.05) is 0 Å². The smallest absolute Gasteiger partial charge is 0.258 e. The molecule has 0 spiro atoms. The fourth-order valence-electron chi connectivity index (χ4n) is 1.25. The first kappa shape index (κ1) is 12.4. The van der Waals surface area contributed by atoms with Gasteiger partial charge in [-0.05, 0) is 19.1 Å². The Morgan fingerprint density at radius 3 is 2.88 bits per heavy atom. The van der Waals surface area contributed by atoms with Gasteiger partial charge >= 0.3 is 0 Å². The van der Waals surface area contributed by atoms with Crippen molar-refractivity contribution in [3.05, 3.63) is 29.6 Å². The third-order valence-corrected chi connectivity index (χ3v) is 2.15. The number of carbonyl (C=O) groups excluding carboxylic acids is 1. The van der Waals surface area contributed by atoms with Crippen LogP contribution in [-0.2, 0) is 0 Å². The minimum Gasteiger partial charge on any atom is -0.496 e. The predicted octanol–water partition coefficient (Wildman–Crippen LogP) is 0.911. The van der Waals surface area contributed by atoms with Crippen molar-refractivity contribution in [1.82, 2.24) is 5.32 Å². The summed E-state index contributed by atoms with van der Waals surface area (Å²) in [5.74, 6) is -0.921. The van der Waals surface area contributed by atoms with E-state index in [1.54, 1.807) is 6.92 Å². The second-order valence-electron chi connectivity index (χ2n) is 3.43. The van der Waals surface area contributed by atoms with Crippen LogP contribution < -0.4 is 15.8 Å². The van der Waals surface area contributed by atoms with E-state index in [2.05, 4.69) is 5.32 Å². The molecule has 1 unspecified atom stereocenters. The van der Waals surface area contributed by atoms with Gasteiger partial charge in [0.15, 0.2) is 0 Å². The van der Waals surface area contributed by atoms with E-state index in [4.69, 9.17) is 10.5 Å². The second-order valence-corrected chi connectivity index (χ2v) is 3.43. The molecule has 5 heteroatoms. The zero-order valence-electron chi connectivity index (χ0n) is 9.29. The Hall–Kier alpha value is -1.62. The highest BCUT2D eigenvalue weighted by molar-refractivity contribution is 5.97. The number of amides is 1. The summed E-state index contributed by atoms with van der Waals surface area (Å²) in [5.41, 5.74) is 5.27. The summed E-state index contributed by atoms with van der Waals surface area (Å²) >= 11 is 0. The first-order chi connectivity index (χ1) is 7.60. The van der Waals surface area contributed by atoms with Gasteiger partial charge in [0.05, 0.1) is 7.11 Å². The molecule has 0 aromatic heterocycles. The molecule has 0 radical (unpaired) electrons. The largest absolute Gasteiger partial charge is 0.496 e. The van der Waals surface area contributed by atoms with Crippen LogP contribution in [0.4, 0.5) is 4.39 Å². The standard InChI is InChI=1S/C11H15FN2O2/c1-7(6-13)14-11(15)10-8(12)4-3-5-9(10)16-2/h3-5,7H,6,13H2,1-2H3,(H,14,15). The highest BCUT2D eigenvalue weighted by atomic mass is 19.1. The maximum Gasteiger partial charge on any atom is 0.258 e. The Bertz CT molecular complexity index is 382. The third-order valence-electron chi connectivity index (χ3n) is 2.15. The number of hydrogen-bond acceptors (Lipinski definition) is 3. The van der Waals surface area contributed by atoms with E-state index in [9.17, 15) is 9.18 Å². The number of carbonyl (C=O) groups is 1. The molecule has 0 aliphatic rings. The van der Waals surface area contributed by atoms with Gasteiger partial charge in [-0.1, -0.05) is 6.07 Å². The van der Waals surface area contributed by atoms with Crippen LogP contribution in [0.15, 0.2) is 18.2 Å². The zero-order valence-corrected chi connectivity index (χ0v) is 9.29. The first-order valence-corrected chi connectivity index (χ1v) is 4.93. The summed E-state index contributed by atoms with van der Waals surface area (Å²) in [6.45, 7) is 2.04.